The van der Waals surface area contributed by atoms with Crippen LogP contribution in [-0.4, -0.2) is 39.1 Å². The lowest BCUT2D eigenvalue weighted by Crippen LogP contribution is -2.24. The van der Waals surface area contributed by atoms with Crippen LogP contribution >= 0.6 is 11.8 Å². The van der Waals surface area contributed by atoms with Crippen LogP contribution in [0.1, 0.15) is 18.6 Å². The van der Waals surface area contributed by atoms with Crippen LogP contribution < -0.4 is 5.32 Å². The monoisotopic (exact) mass is 388 g/mol. The minimum Gasteiger partial charge on any atom is -0.467 e. The van der Waals surface area contributed by atoms with Gasteiger partial charge >= 0.3 is 0 Å². The minimum atomic E-state index is -0.0948. The molecule has 4 heterocycles. The predicted octanol–water partition coefficient (Wildman–Crippen LogP) is 2.72. The van der Waals surface area contributed by atoms with Crippen molar-refractivity contribution in [2.24, 2.45) is 0 Å². The Morgan fingerprint density at radius 2 is 2.15 bits per heavy atom. The standard InChI is InChI=1S/C18H20N4O4S/c23-16(19-10-13-4-1-7-24-13)12-27-18-21-20-17(15-6-3-9-26-15)22(18)11-14-5-2-8-25-14/h1,3-4,6-7,9,14H,2,5,8,10-12H2,(H,19,23)/t14-/m1/s1. The third-order valence-corrected chi connectivity index (χ3v) is 5.21. The van der Waals surface area contributed by atoms with Crippen LogP contribution in [0.5, 0.6) is 0 Å². The molecule has 142 valence electrons. The van der Waals surface area contributed by atoms with Crippen molar-refractivity contribution in [1.29, 1.82) is 0 Å². The molecule has 8 nitrogen and oxygen atoms in total. The first kappa shape index (κ1) is 17.9. The molecule has 3 aromatic rings. The molecule has 1 amide bonds. The molecule has 1 N–H and O–H groups in total. The SMILES string of the molecule is O=C(CSc1nnc(-c2ccco2)n1C[C@H]1CCCO1)NCc1ccco1. The zero-order valence-corrected chi connectivity index (χ0v) is 15.5. The first-order valence-corrected chi connectivity index (χ1v) is 9.79. The molecule has 0 bridgehead atoms. The average Bonchev–Trinajstić information content (AvgIpc) is 3.47. The number of amides is 1. The summed E-state index contributed by atoms with van der Waals surface area (Å²) in [5.41, 5.74) is 0. The van der Waals surface area contributed by atoms with Gasteiger partial charge in [-0.25, -0.2) is 0 Å². The number of carbonyl (C=O) groups is 1. The van der Waals surface area contributed by atoms with E-state index in [4.69, 9.17) is 13.6 Å². The first-order chi connectivity index (χ1) is 13.3. The van der Waals surface area contributed by atoms with Gasteiger partial charge in [0.15, 0.2) is 10.9 Å². The maximum absolute atomic E-state index is 12.1. The van der Waals surface area contributed by atoms with Gasteiger partial charge in [0.1, 0.15) is 5.76 Å². The Kier molecular flexibility index (Phi) is 5.59. The van der Waals surface area contributed by atoms with Gasteiger partial charge in [-0.3, -0.25) is 9.36 Å². The molecule has 0 radical (unpaired) electrons. The van der Waals surface area contributed by atoms with Crippen molar-refractivity contribution in [3.63, 3.8) is 0 Å². The van der Waals surface area contributed by atoms with Crippen LogP contribution in [0.3, 0.4) is 0 Å². The molecule has 0 saturated carbocycles. The van der Waals surface area contributed by atoms with Crippen LogP contribution in [0.25, 0.3) is 11.6 Å². The zero-order valence-electron chi connectivity index (χ0n) is 14.7. The van der Waals surface area contributed by atoms with Gasteiger partial charge in [0.25, 0.3) is 0 Å². The maximum Gasteiger partial charge on any atom is 0.230 e. The van der Waals surface area contributed by atoms with Gasteiger partial charge in [-0.1, -0.05) is 11.8 Å². The Morgan fingerprint density at radius 1 is 1.26 bits per heavy atom. The third-order valence-electron chi connectivity index (χ3n) is 4.24. The molecule has 1 atom stereocenters. The molecule has 3 aromatic heterocycles. The van der Waals surface area contributed by atoms with Crippen molar-refractivity contribution in [1.82, 2.24) is 20.1 Å². The fourth-order valence-electron chi connectivity index (χ4n) is 2.92. The summed E-state index contributed by atoms with van der Waals surface area (Å²) in [6.07, 6.45) is 5.38. The fraction of sp³-hybridized carbons (Fsp3) is 0.389. The van der Waals surface area contributed by atoms with E-state index in [2.05, 4.69) is 15.5 Å². The highest BCUT2D eigenvalue weighted by Crippen LogP contribution is 2.26. The van der Waals surface area contributed by atoms with E-state index in [-0.39, 0.29) is 17.8 Å². The van der Waals surface area contributed by atoms with Gasteiger partial charge in [0.2, 0.25) is 11.7 Å². The molecule has 9 heteroatoms. The molecule has 1 saturated heterocycles. The number of hydrogen-bond acceptors (Lipinski definition) is 7. The Labute approximate surface area is 160 Å². The van der Waals surface area contributed by atoms with Crippen molar-refractivity contribution in [2.75, 3.05) is 12.4 Å². The quantitative estimate of drug-likeness (QED) is 0.593. The van der Waals surface area contributed by atoms with Gasteiger partial charge in [-0.05, 0) is 37.1 Å². The van der Waals surface area contributed by atoms with E-state index in [0.29, 0.717) is 29.8 Å². The summed E-state index contributed by atoms with van der Waals surface area (Å²) in [5, 5.41) is 12.0. The summed E-state index contributed by atoms with van der Waals surface area (Å²) in [7, 11) is 0. The number of aromatic nitrogens is 3. The largest absolute Gasteiger partial charge is 0.467 e. The highest BCUT2D eigenvalue weighted by molar-refractivity contribution is 7.99. The number of nitrogens with zero attached hydrogens (tertiary/aromatic N) is 3. The molecule has 1 aliphatic heterocycles. The van der Waals surface area contributed by atoms with Crippen molar-refractivity contribution >= 4 is 17.7 Å². The summed E-state index contributed by atoms with van der Waals surface area (Å²) in [6, 6.07) is 7.27. The zero-order chi connectivity index (χ0) is 18.5. The van der Waals surface area contributed by atoms with Crippen LogP contribution in [0.2, 0.25) is 0 Å². The molecule has 0 aliphatic carbocycles. The number of nitrogens with one attached hydrogen (secondary N) is 1. The summed E-state index contributed by atoms with van der Waals surface area (Å²) < 4.78 is 18.4. The first-order valence-electron chi connectivity index (χ1n) is 8.80. The molecule has 0 unspecified atom stereocenters. The van der Waals surface area contributed by atoms with Crippen molar-refractivity contribution in [3.05, 3.63) is 42.6 Å². The van der Waals surface area contributed by atoms with Crippen LogP contribution in [0, 0.1) is 0 Å². The average molecular weight is 388 g/mol. The molecule has 4 rings (SSSR count). The Hall–Kier alpha value is -2.52. The van der Waals surface area contributed by atoms with E-state index >= 15 is 0 Å². The number of carbonyl (C=O) groups excluding carboxylic acids is 1. The fourth-order valence-corrected chi connectivity index (χ4v) is 3.70. The van der Waals surface area contributed by atoms with Gasteiger partial charge in [0, 0.05) is 6.61 Å². The summed E-state index contributed by atoms with van der Waals surface area (Å²) in [4.78, 5) is 12.1. The summed E-state index contributed by atoms with van der Waals surface area (Å²) in [5.74, 6) is 2.16. The molecule has 0 aromatic carbocycles. The summed E-state index contributed by atoms with van der Waals surface area (Å²) >= 11 is 1.34. The molecule has 0 spiro atoms. The van der Waals surface area contributed by atoms with Gasteiger partial charge < -0.3 is 18.9 Å². The summed E-state index contributed by atoms with van der Waals surface area (Å²) in [6.45, 7) is 1.78. The number of furan rings is 2. The Morgan fingerprint density at radius 3 is 2.89 bits per heavy atom. The van der Waals surface area contributed by atoms with E-state index in [0.717, 1.165) is 25.2 Å². The third kappa shape index (κ3) is 4.42. The normalized spacial score (nSPS) is 16.7. The van der Waals surface area contributed by atoms with Gasteiger partial charge in [-0.15, -0.1) is 10.2 Å². The van der Waals surface area contributed by atoms with Crippen LogP contribution in [0.15, 0.2) is 50.8 Å². The van der Waals surface area contributed by atoms with E-state index in [9.17, 15) is 4.79 Å². The molecular weight excluding hydrogens is 368 g/mol. The van der Waals surface area contributed by atoms with E-state index in [1.165, 1.54) is 11.8 Å². The van der Waals surface area contributed by atoms with Crippen molar-refractivity contribution < 1.29 is 18.4 Å². The number of hydrogen-bond donors (Lipinski definition) is 1. The van der Waals surface area contributed by atoms with Crippen molar-refractivity contribution in [3.8, 4) is 11.6 Å². The second-order valence-corrected chi connectivity index (χ2v) is 7.12. The second kappa shape index (κ2) is 8.45. The van der Waals surface area contributed by atoms with Crippen LogP contribution in [-0.2, 0) is 22.6 Å². The topological polar surface area (TPSA) is 95.3 Å². The Bertz CT molecular complexity index is 854. The van der Waals surface area contributed by atoms with Crippen molar-refractivity contribution in [2.45, 2.75) is 37.2 Å². The number of thioether (sulfide) groups is 1. The van der Waals surface area contributed by atoms with Gasteiger partial charge in [0.05, 0.1) is 37.5 Å². The van der Waals surface area contributed by atoms with Crippen LogP contribution in [0.4, 0.5) is 0 Å². The lowest BCUT2D eigenvalue weighted by atomic mass is 10.2. The molecule has 27 heavy (non-hydrogen) atoms. The molecule has 1 fully saturated rings. The minimum absolute atomic E-state index is 0.0948. The van der Waals surface area contributed by atoms with E-state index < -0.39 is 0 Å². The molecule has 1 aliphatic rings. The lowest BCUT2D eigenvalue weighted by molar-refractivity contribution is -0.118. The smallest absolute Gasteiger partial charge is 0.230 e. The van der Waals surface area contributed by atoms with Gasteiger partial charge in [-0.2, -0.15) is 0 Å². The van der Waals surface area contributed by atoms with E-state index in [1.54, 1.807) is 18.6 Å². The second-order valence-electron chi connectivity index (χ2n) is 6.17. The highest BCUT2D eigenvalue weighted by atomic mass is 32.2. The predicted molar refractivity (Wildman–Crippen MR) is 98.0 cm³/mol. The lowest BCUT2D eigenvalue weighted by Gasteiger charge is -2.13. The number of rotatable bonds is 8. The number of ether oxygens (including phenoxy) is 1. The maximum atomic E-state index is 12.1. The Balaban J connectivity index is 1.42. The highest BCUT2D eigenvalue weighted by Gasteiger charge is 2.23. The van der Waals surface area contributed by atoms with E-state index in [1.807, 2.05) is 22.8 Å². The molecular formula is C18H20N4O4S.